The van der Waals surface area contributed by atoms with Crippen molar-refractivity contribution in [2.24, 2.45) is 0 Å². The van der Waals surface area contributed by atoms with Gasteiger partial charge in [0, 0.05) is 0 Å². The highest BCUT2D eigenvalue weighted by atomic mass is 15.6. The van der Waals surface area contributed by atoms with Crippen molar-refractivity contribution in [3.8, 4) is 0 Å². The number of rotatable bonds is 5. The standard InChI is InChI=1S/C9H18N4/c1-4-6-9(3,7-5-2)13-11-8-10-12-13/h8H,4-7H2,1-3H3. The molecule has 1 rings (SSSR count). The Morgan fingerprint density at radius 1 is 1.23 bits per heavy atom. The first-order chi connectivity index (χ1) is 6.23. The van der Waals surface area contributed by atoms with Crippen LogP contribution in [-0.4, -0.2) is 20.2 Å². The third kappa shape index (κ3) is 2.26. The van der Waals surface area contributed by atoms with Gasteiger partial charge in [0.2, 0.25) is 0 Å². The summed E-state index contributed by atoms with van der Waals surface area (Å²) in [6, 6.07) is 0. The summed E-state index contributed by atoms with van der Waals surface area (Å²) in [5, 5.41) is 11.9. The van der Waals surface area contributed by atoms with Crippen molar-refractivity contribution < 1.29 is 0 Å². The number of nitrogens with zero attached hydrogens (tertiary/aromatic N) is 4. The Bertz CT molecular complexity index is 224. The Hall–Kier alpha value is -0.930. The molecule has 0 unspecified atom stereocenters. The summed E-state index contributed by atoms with van der Waals surface area (Å²) in [5.41, 5.74) is 0.0556. The van der Waals surface area contributed by atoms with E-state index in [0.29, 0.717) is 0 Å². The summed E-state index contributed by atoms with van der Waals surface area (Å²) >= 11 is 0. The van der Waals surface area contributed by atoms with Crippen molar-refractivity contribution in [3.63, 3.8) is 0 Å². The van der Waals surface area contributed by atoms with Crippen LogP contribution in [0, 0.1) is 0 Å². The van der Waals surface area contributed by atoms with Crippen molar-refractivity contribution >= 4 is 0 Å². The summed E-state index contributed by atoms with van der Waals surface area (Å²) in [6.07, 6.45) is 6.02. The van der Waals surface area contributed by atoms with Crippen LogP contribution in [-0.2, 0) is 5.54 Å². The second-order valence-electron chi connectivity index (χ2n) is 3.72. The summed E-state index contributed by atoms with van der Waals surface area (Å²) in [5.74, 6) is 0. The number of aromatic nitrogens is 4. The molecule has 0 bridgehead atoms. The van der Waals surface area contributed by atoms with Crippen molar-refractivity contribution in [2.45, 2.75) is 52.0 Å². The first-order valence-electron chi connectivity index (χ1n) is 4.96. The van der Waals surface area contributed by atoms with Crippen molar-refractivity contribution in [1.82, 2.24) is 20.2 Å². The molecular formula is C9H18N4. The minimum Gasteiger partial charge on any atom is -0.159 e. The van der Waals surface area contributed by atoms with E-state index in [4.69, 9.17) is 0 Å². The van der Waals surface area contributed by atoms with Crippen molar-refractivity contribution in [3.05, 3.63) is 6.33 Å². The quantitative estimate of drug-likeness (QED) is 0.699. The van der Waals surface area contributed by atoms with Gasteiger partial charge in [-0.3, -0.25) is 0 Å². The van der Waals surface area contributed by atoms with Gasteiger partial charge in [-0.15, -0.1) is 10.2 Å². The third-order valence-electron chi connectivity index (χ3n) is 2.41. The Balaban J connectivity index is 2.78. The van der Waals surface area contributed by atoms with Crippen LogP contribution in [0.4, 0.5) is 0 Å². The first-order valence-corrected chi connectivity index (χ1v) is 4.96. The van der Waals surface area contributed by atoms with E-state index in [1.54, 1.807) is 4.80 Å². The monoisotopic (exact) mass is 182 g/mol. The van der Waals surface area contributed by atoms with Crippen LogP contribution < -0.4 is 0 Å². The van der Waals surface area contributed by atoms with Crippen LogP contribution in [0.15, 0.2) is 6.33 Å². The van der Waals surface area contributed by atoms with E-state index in [9.17, 15) is 0 Å². The number of hydrogen-bond donors (Lipinski definition) is 0. The summed E-state index contributed by atoms with van der Waals surface area (Å²) in [4.78, 5) is 1.75. The molecule has 4 heteroatoms. The molecule has 1 heterocycles. The van der Waals surface area contributed by atoms with Gasteiger partial charge in [-0.2, -0.15) is 4.80 Å². The van der Waals surface area contributed by atoms with Gasteiger partial charge in [-0.1, -0.05) is 26.7 Å². The number of tetrazole rings is 1. The highest BCUT2D eigenvalue weighted by molar-refractivity contribution is 4.75. The summed E-state index contributed by atoms with van der Waals surface area (Å²) in [7, 11) is 0. The summed E-state index contributed by atoms with van der Waals surface area (Å²) < 4.78 is 0. The lowest BCUT2D eigenvalue weighted by atomic mass is 9.92. The Labute approximate surface area is 79.3 Å². The Morgan fingerprint density at radius 3 is 2.23 bits per heavy atom. The third-order valence-corrected chi connectivity index (χ3v) is 2.41. The van der Waals surface area contributed by atoms with Crippen LogP contribution >= 0.6 is 0 Å². The van der Waals surface area contributed by atoms with Crippen LogP contribution in [0.5, 0.6) is 0 Å². The lowest BCUT2D eigenvalue weighted by molar-refractivity contribution is 0.207. The van der Waals surface area contributed by atoms with E-state index in [1.165, 1.54) is 6.33 Å². The predicted molar refractivity (Wildman–Crippen MR) is 51.3 cm³/mol. The fraction of sp³-hybridized carbons (Fsp3) is 0.889. The fourth-order valence-electron chi connectivity index (χ4n) is 1.82. The largest absolute Gasteiger partial charge is 0.162 e. The van der Waals surface area contributed by atoms with Crippen molar-refractivity contribution in [2.75, 3.05) is 0 Å². The Kier molecular flexibility index (Phi) is 3.39. The molecule has 13 heavy (non-hydrogen) atoms. The molecular weight excluding hydrogens is 164 g/mol. The van der Waals surface area contributed by atoms with E-state index >= 15 is 0 Å². The van der Waals surface area contributed by atoms with E-state index in [2.05, 4.69) is 36.2 Å². The first kappa shape index (κ1) is 10.2. The van der Waals surface area contributed by atoms with Crippen LogP contribution in [0.1, 0.15) is 46.5 Å². The van der Waals surface area contributed by atoms with Gasteiger partial charge < -0.3 is 0 Å². The van der Waals surface area contributed by atoms with Gasteiger partial charge in [0.05, 0.1) is 5.54 Å². The molecule has 0 aliphatic rings. The average molecular weight is 182 g/mol. The van der Waals surface area contributed by atoms with Gasteiger partial charge in [0.1, 0.15) is 0 Å². The average Bonchev–Trinajstić information content (AvgIpc) is 2.57. The molecule has 1 aromatic rings. The molecule has 0 amide bonds. The molecule has 1 aromatic heterocycles. The van der Waals surface area contributed by atoms with Gasteiger partial charge in [0.15, 0.2) is 6.33 Å². The molecule has 0 aliphatic heterocycles. The molecule has 4 nitrogen and oxygen atoms in total. The molecule has 0 radical (unpaired) electrons. The highest BCUT2D eigenvalue weighted by Gasteiger charge is 2.26. The lowest BCUT2D eigenvalue weighted by Gasteiger charge is -2.26. The van der Waals surface area contributed by atoms with Crippen LogP contribution in [0.3, 0.4) is 0 Å². The van der Waals surface area contributed by atoms with Gasteiger partial charge in [0.25, 0.3) is 0 Å². The van der Waals surface area contributed by atoms with E-state index in [0.717, 1.165) is 25.7 Å². The zero-order valence-corrected chi connectivity index (χ0v) is 8.69. The van der Waals surface area contributed by atoms with E-state index in [1.807, 2.05) is 0 Å². The smallest absolute Gasteiger partial charge is 0.159 e. The topological polar surface area (TPSA) is 43.6 Å². The molecule has 0 atom stereocenters. The number of hydrogen-bond acceptors (Lipinski definition) is 3. The zero-order chi connectivity index (χ0) is 9.73. The second kappa shape index (κ2) is 4.35. The summed E-state index contributed by atoms with van der Waals surface area (Å²) in [6.45, 7) is 6.57. The van der Waals surface area contributed by atoms with Crippen LogP contribution in [0.25, 0.3) is 0 Å². The van der Waals surface area contributed by atoms with Crippen molar-refractivity contribution in [1.29, 1.82) is 0 Å². The lowest BCUT2D eigenvalue weighted by Crippen LogP contribution is -2.32. The molecule has 0 aliphatic carbocycles. The normalized spacial score (nSPS) is 11.9. The molecule has 0 N–H and O–H groups in total. The maximum Gasteiger partial charge on any atom is 0.162 e. The van der Waals surface area contributed by atoms with E-state index < -0.39 is 0 Å². The predicted octanol–water partition coefficient (Wildman–Crippen LogP) is 1.99. The van der Waals surface area contributed by atoms with Gasteiger partial charge in [-0.25, -0.2) is 0 Å². The molecule has 74 valence electrons. The van der Waals surface area contributed by atoms with E-state index in [-0.39, 0.29) is 5.54 Å². The minimum absolute atomic E-state index is 0.0556. The Morgan fingerprint density at radius 2 is 1.85 bits per heavy atom. The molecule has 0 fully saturated rings. The van der Waals surface area contributed by atoms with Crippen LogP contribution in [0.2, 0.25) is 0 Å². The van der Waals surface area contributed by atoms with Gasteiger partial charge in [-0.05, 0) is 25.0 Å². The highest BCUT2D eigenvalue weighted by Crippen LogP contribution is 2.25. The SMILES string of the molecule is CCCC(C)(CCC)n1ncnn1. The minimum atomic E-state index is 0.0556. The molecule has 0 saturated heterocycles. The molecule has 0 aromatic carbocycles. The maximum atomic E-state index is 4.12. The van der Waals surface area contributed by atoms with Gasteiger partial charge >= 0.3 is 0 Å². The maximum absolute atomic E-state index is 4.12. The molecule has 0 spiro atoms. The second-order valence-corrected chi connectivity index (χ2v) is 3.72. The molecule has 0 saturated carbocycles. The fourth-order valence-corrected chi connectivity index (χ4v) is 1.82. The zero-order valence-electron chi connectivity index (χ0n) is 8.69.